The van der Waals surface area contributed by atoms with Gasteiger partial charge in [0.1, 0.15) is 10.8 Å². The number of hydrogen-bond donors (Lipinski definition) is 0. The lowest BCUT2D eigenvalue weighted by molar-refractivity contribution is -0.153. The maximum Gasteiger partial charge on any atom is 0.276 e. The minimum Gasteiger partial charge on any atom is -0.346 e. The standard InChI is InChI=1S/C18H26ClN3O3/c1-3-5-7-12-23-18(24-13-8-6-4-2)16-21-17(25-22-16)14-10-9-11-15(19)20-14/h9-11,18H,3-8,12-13H2,1-2H3. The Balaban J connectivity index is 2.02. The number of nitrogens with zero attached hydrogens (tertiary/aromatic N) is 3. The Morgan fingerprint density at radius 1 is 1.00 bits per heavy atom. The smallest absolute Gasteiger partial charge is 0.276 e. The number of hydrogen-bond acceptors (Lipinski definition) is 6. The lowest BCUT2D eigenvalue weighted by atomic mass is 10.3. The quantitative estimate of drug-likeness (QED) is 0.292. The molecule has 0 radical (unpaired) electrons. The average molecular weight is 368 g/mol. The fourth-order valence-corrected chi connectivity index (χ4v) is 2.41. The zero-order chi connectivity index (χ0) is 17.9. The molecule has 0 saturated heterocycles. The Morgan fingerprint density at radius 3 is 2.28 bits per heavy atom. The van der Waals surface area contributed by atoms with E-state index in [4.69, 9.17) is 25.6 Å². The molecule has 0 amide bonds. The largest absolute Gasteiger partial charge is 0.346 e. The highest BCUT2D eigenvalue weighted by Crippen LogP contribution is 2.22. The van der Waals surface area contributed by atoms with Gasteiger partial charge >= 0.3 is 0 Å². The molecule has 0 N–H and O–H groups in total. The van der Waals surface area contributed by atoms with Gasteiger partial charge in [0.15, 0.2) is 0 Å². The van der Waals surface area contributed by atoms with E-state index in [2.05, 4.69) is 29.0 Å². The maximum atomic E-state index is 5.91. The van der Waals surface area contributed by atoms with Crippen molar-refractivity contribution in [3.8, 4) is 11.6 Å². The second-order valence-electron chi connectivity index (χ2n) is 5.79. The van der Waals surface area contributed by atoms with Crippen LogP contribution in [0, 0.1) is 0 Å². The second-order valence-corrected chi connectivity index (χ2v) is 6.18. The van der Waals surface area contributed by atoms with E-state index in [1.54, 1.807) is 18.2 Å². The molecule has 6 nitrogen and oxygen atoms in total. The van der Waals surface area contributed by atoms with Gasteiger partial charge in [0.2, 0.25) is 12.1 Å². The van der Waals surface area contributed by atoms with Crippen molar-refractivity contribution in [2.75, 3.05) is 13.2 Å². The highest BCUT2D eigenvalue weighted by atomic mass is 35.5. The lowest BCUT2D eigenvalue weighted by Gasteiger charge is -2.15. The minimum atomic E-state index is -0.620. The van der Waals surface area contributed by atoms with E-state index < -0.39 is 6.29 Å². The first kappa shape index (κ1) is 19.8. The highest BCUT2D eigenvalue weighted by molar-refractivity contribution is 6.29. The first-order chi connectivity index (χ1) is 12.2. The zero-order valence-electron chi connectivity index (χ0n) is 14.9. The van der Waals surface area contributed by atoms with Gasteiger partial charge < -0.3 is 14.0 Å². The molecule has 2 heterocycles. The van der Waals surface area contributed by atoms with Crippen LogP contribution in [-0.4, -0.2) is 28.3 Å². The van der Waals surface area contributed by atoms with Gasteiger partial charge in [0.05, 0.1) is 13.2 Å². The fraction of sp³-hybridized carbons (Fsp3) is 0.611. The monoisotopic (exact) mass is 367 g/mol. The Bertz CT molecular complexity index is 609. The van der Waals surface area contributed by atoms with E-state index in [0.717, 1.165) is 38.5 Å². The fourth-order valence-electron chi connectivity index (χ4n) is 2.24. The Morgan fingerprint density at radius 2 is 1.68 bits per heavy atom. The predicted octanol–water partition coefficient (Wildman–Crippen LogP) is 5.20. The third-order valence-corrected chi connectivity index (χ3v) is 3.83. The van der Waals surface area contributed by atoms with Crippen LogP contribution in [0.5, 0.6) is 0 Å². The van der Waals surface area contributed by atoms with Gasteiger partial charge in [-0.1, -0.05) is 62.4 Å². The van der Waals surface area contributed by atoms with Crippen molar-refractivity contribution in [3.05, 3.63) is 29.2 Å². The molecule has 0 aliphatic rings. The number of halogens is 1. The van der Waals surface area contributed by atoms with Crippen molar-refractivity contribution >= 4 is 11.6 Å². The number of unbranched alkanes of at least 4 members (excludes halogenated alkanes) is 4. The van der Waals surface area contributed by atoms with Gasteiger partial charge in [-0.25, -0.2) is 4.98 Å². The van der Waals surface area contributed by atoms with Crippen LogP contribution < -0.4 is 0 Å². The van der Waals surface area contributed by atoms with E-state index >= 15 is 0 Å². The van der Waals surface area contributed by atoms with E-state index in [0.29, 0.717) is 35.8 Å². The van der Waals surface area contributed by atoms with Crippen molar-refractivity contribution in [1.29, 1.82) is 0 Å². The summed E-state index contributed by atoms with van der Waals surface area (Å²) in [6, 6.07) is 5.25. The van der Waals surface area contributed by atoms with Crippen LogP contribution in [0.15, 0.2) is 22.7 Å². The van der Waals surface area contributed by atoms with Crippen LogP contribution in [0.1, 0.15) is 64.5 Å². The van der Waals surface area contributed by atoms with E-state index in [1.165, 1.54) is 0 Å². The van der Waals surface area contributed by atoms with Crippen molar-refractivity contribution < 1.29 is 14.0 Å². The Labute approximate surface area is 153 Å². The van der Waals surface area contributed by atoms with Crippen LogP contribution in [0.25, 0.3) is 11.6 Å². The normalized spacial score (nSPS) is 11.4. The number of rotatable bonds is 12. The summed E-state index contributed by atoms with van der Waals surface area (Å²) >= 11 is 5.91. The van der Waals surface area contributed by atoms with Crippen molar-refractivity contribution in [3.63, 3.8) is 0 Å². The summed E-state index contributed by atoms with van der Waals surface area (Å²) in [5.41, 5.74) is 0.530. The molecule has 0 fully saturated rings. The average Bonchev–Trinajstić information content (AvgIpc) is 3.10. The highest BCUT2D eigenvalue weighted by Gasteiger charge is 2.21. The van der Waals surface area contributed by atoms with Gasteiger partial charge in [-0.15, -0.1) is 0 Å². The SMILES string of the molecule is CCCCCOC(OCCCCC)c1noc(-c2cccc(Cl)n2)n1. The van der Waals surface area contributed by atoms with Gasteiger partial charge in [-0.05, 0) is 25.0 Å². The third-order valence-electron chi connectivity index (χ3n) is 3.62. The third kappa shape index (κ3) is 6.72. The summed E-state index contributed by atoms with van der Waals surface area (Å²) in [6.45, 7) is 5.52. The number of ether oxygens (including phenoxy) is 2. The van der Waals surface area contributed by atoms with Crippen molar-refractivity contribution in [1.82, 2.24) is 15.1 Å². The van der Waals surface area contributed by atoms with Crippen LogP contribution in [0.2, 0.25) is 5.15 Å². The number of aromatic nitrogens is 3. The first-order valence-corrected chi connectivity index (χ1v) is 9.32. The van der Waals surface area contributed by atoms with E-state index in [-0.39, 0.29) is 0 Å². The molecule has 2 rings (SSSR count). The molecule has 0 aromatic carbocycles. The molecular weight excluding hydrogens is 342 g/mol. The minimum absolute atomic E-state index is 0.303. The molecule has 0 unspecified atom stereocenters. The van der Waals surface area contributed by atoms with Gasteiger partial charge in [-0.2, -0.15) is 4.98 Å². The molecule has 2 aromatic rings. The molecular formula is C18H26ClN3O3. The van der Waals surface area contributed by atoms with Crippen molar-refractivity contribution in [2.24, 2.45) is 0 Å². The van der Waals surface area contributed by atoms with Crippen LogP contribution in [0.4, 0.5) is 0 Å². The van der Waals surface area contributed by atoms with Crippen LogP contribution >= 0.6 is 11.6 Å². The van der Waals surface area contributed by atoms with E-state index in [1.807, 2.05) is 0 Å². The van der Waals surface area contributed by atoms with Gasteiger partial charge in [-0.3, -0.25) is 0 Å². The first-order valence-electron chi connectivity index (χ1n) is 8.94. The molecule has 25 heavy (non-hydrogen) atoms. The molecule has 0 spiro atoms. The summed E-state index contributed by atoms with van der Waals surface area (Å²) < 4.78 is 17.0. The summed E-state index contributed by atoms with van der Waals surface area (Å²) in [5.74, 6) is 0.682. The molecule has 0 bridgehead atoms. The summed E-state index contributed by atoms with van der Waals surface area (Å²) in [5, 5.41) is 4.38. The summed E-state index contributed by atoms with van der Waals surface area (Å²) in [6.07, 6.45) is 5.85. The molecule has 2 aromatic heterocycles. The number of pyridine rings is 1. The van der Waals surface area contributed by atoms with E-state index in [9.17, 15) is 0 Å². The Kier molecular flexibility index (Phi) is 8.86. The second kappa shape index (κ2) is 11.2. The molecule has 0 aliphatic heterocycles. The van der Waals surface area contributed by atoms with Crippen LogP contribution in [-0.2, 0) is 9.47 Å². The van der Waals surface area contributed by atoms with Crippen LogP contribution in [0.3, 0.4) is 0 Å². The zero-order valence-corrected chi connectivity index (χ0v) is 15.7. The maximum absolute atomic E-state index is 5.91. The van der Waals surface area contributed by atoms with Gasteiger partial charge in [0, 0.05) is 0 Å². The molecule has 0 aliphatic carbocycles. The molecule has 0 atom stereocenters. The van der Waals surface area contributed by atoms with Gasteiger partial charge in [0.25, 0.3) is 5.89 Å². The van der Waals surface area contributed by atoms with Crippen molar-refractivity contribution in [2.45, 2.75) is 58.7 Å². The molecule has 7 heteroatoms. The Hall–Kier alpha value is -1.50. The topological polar surface area (TPSA) is 70.3 Å². The predicted molar refractivity (Wildman–Crippen MR) is 96.2 cm³/mol. The summed E-state index contributed by atoms with van der Waals surface area (Å²) in [4.78, 5) is 8.55. The molecule has 138 valence electrons. The molecule has 0 saturated carbocycles. The lowest BCUT2D eigenvalue weighted by Crippen LogP contribution is -2.12. The summed E-state index contributed by atoms with van der Waals surface area (Å²) in [7, 11) is 0.